The molecule has 3 rings (SSSR count). The van der Waals surface area contributed by atoms with E-state index in [-0.39, 0.29) is 32.8 Å². The Morgan fingerprint density at radius 1 is 1.23 bits per heavy atom. The Morgan fingerprint density at radius 2 is 1.90 bits per heavy atom. The summed E-state index contributed by atoms with van der Waals surface area (Å²) in [5.41, 5.74) is 0.340. The van der Waals surface area contributed by atoms with Gasteiger partial charge in [0.05, 0.1) is 16.3 Å². The van der Waals surface area contributed by atoms with Gasteiger partial charge in [0.1, 0.15) is 21.6 Å². The van der Waals surface area contributed by atoms with Crippen molar-refractivity contribution < 1.29 is 23.6 Å². The highest BCUT2D eigenvalue weighted by atomic mass is 35.5. The summed E-state index contributed by atoms with van der Waals surface area (Å²) in [6.45, 7) is 0.849. The van der Waals surface area contributed by atoms with Crippen LogP contribution in [0.25, 0.3) is 5.69 Å². The summed E-state index contributed by atoms with van der Waals surface area (Å²) in [5, 5.41) is 17.3. The minimum absolute atomic E-state index is 0.0547. The van der Waals surface area contributed by atoms with Crippen LogP contribution in [0.4, 0.5) is 15.8 Å². The van der Waals surface area contributed by atoms with Crippen molar-refractivity contribution in [3.8, 4) is 5.69 Å². The van der Waals surface area contributed by atoms with E-state index in [0.717, 1.165) is 6.07 Å². The van der Waals surface area contributed by atoms with Crippen molar-refractivity contribution in [2.45, 2.75) is 6.92 Å². The average Bonchev–Trinajstić information content (AvgIpc) is 3.02. The molecule has 1 aromatic heterocycles. The minimum atomic E-state index is -0.895. The quantitative estimate of drug-likeness (QED) is 0.328. The second-order valence-electron chi connectivity index (χ2n) is 6.19. The summed E-state index contributed by atoms with van der Waals surface area (Å²) in [7, 11) is 0. The van der Waals surface area contributed by atoms with E-state index < -0.39 is 29.2 Å². The number of rotatable bonds is 6. The van der Waals surface area contributed by atoms with Gasteiger partial charge in [-0.15, -0.1) is 0 Å². The van der Waals surface area contributed by atoms with Crippen molar-refractivity contribution in [1.82, 2.24) is 9.78 Å². The Labute approximate surface area is 184 Å². The number of anilines is 1. The second kappa shape index (κ2) is 9.11. The number of hydrogen-bond acceptors (Lipinski definition) is 6. The van der Waals surface area contributed by atoms with Gasteiger partial charge in [-0.1, -0.05) is 23.2 Å². The number of carbonyl (C=O) groups excluding carboxylic acids is 2. The summed E-state index contributed by atoms with van der Waals surface area (Å²) < 4.78 is 19.3. The summed E-state index contributed by atoms with van der Waals surface area (Å²) in [4.78, 5) is 34.7. The lowest BCUT2D eigenvalue weighted by atomic mass is 10.2. The first-order chi connectivity index (χ1) is 14.7. The van der Waals surface area contributed by atoms with E-state index in [1.54, 1.807) is 0 Å². The molecule has 0 saturated heterocycles. The first-order valence-electron chi connectivity index (χ1n) is 8.59. The molecule has 0 saturated carbocycles. The second-order valence-corrected chi connectivity index (χ2v) is 6.95. The normalized spacial score (nSPS) is 10.6. The van der Waals surface area contributed by atoms with Gasteiger partial charge in [-0.05, 0) is 43.3 Å². The van der Waals surface area contributed by atoms with Gasteiger partial charge in [-0.25, -0.2) is 13.9 Å². The number of aryl methyl sites for hydroxylation is 1. The molecular weight excluding hydrogens is 454 g/mol. The number of carbonyl (C=O) groups is 2. The van der Waals surface area contributed by atoms with Crippen LogP contribution in [0.3, 0.4) is 0 Å². The summed E-state index contributed by atoms with van der Waals surface area (Å²) in [5.74, 6) is -2.07. The smallest absolute Gasteiger partial charge is 0.343 e. The van der Waals surface area contributed by atoms with Crippen LogP contribution in [0.2, 0.25) is 10.2 Å². The highest BCUT2D eigenvalue weighted by Gasteiger charge is 2.23. The maximum absolute atomic E-state index is 13.1. The fraction of sp³-hybridized carbons (Fsp3) is 0.105. The molecule has 9 nitrogen and oxygen atoms in total. The van der Waals surface area contributed by atoms with Crippen LogP contribution in [-0.2, 0) is 9.53 Å². The van der Waals surface area contributed by atoms with Gasteiger partial charge in [-0.2, -0.15) is 5.10 Å². The van der Waals surface area contributed by atoms with Crippen molar-refractivity contribution >= 4 is 46.5 Å². The maximum atomic E-state index is 13.1. The van der Waals surface area contributed by atoms with Gasteiger partial charge < -0.3 is 10.1 Å². The Kier molecular flexibility index (Phi) is 6.52. The fourth-order valence-electron chi connectivity index (χ4n) is 2.62. The van der Waals surface area contributed by atoms with Gasteiger partial charge in [0.15, 0.2) is 6.61 Å². The predicted molar refractivity (Wildman–Crippen MR) is 110 cm³/mol. The number of nitrogens with one attached hydrogen (secondary N) is 1. The molecule has 1 N–H and O–H groups in total. The molecule has 0 fully saturated rings. The molecular formula is C19H13Cl2FN4O5. The number of nitro benzene ring substituents is 1. The first-order valence-corrected chi connectivity index (χ1v) is 9.35. The van der Waals surface area contributed by atoms with Crippen LogP contribution in [0.1, 0.15) is 16.1 Å². The third kappa shape index (κ3) is 4.98. The molecule has 160 valence electrons. The minimum Gasteiger partial charge on any atom is -0.452 e. The van der Waals surface area contributed by atoms with Gasteiger partial charge in [0.2, 0.25) is 0 Å². The molecule has 31 heavy (non-hydrogen) atoms. The van der Waals surface area contributed by atoms with Crippen molar-refractivity contribution in [2.75, 3.05) is 11.9 Å². The average molecular weight is 467 g/mol. The molecule has 0 radical (unpaired) electrons. The molecule has 0 aliphatic carbocycles. The molecule has 1 heterocycles. The molecule has 0 atom stereocenters. The van der Waals surface area contributed by atoms with Crippen LogP contribution in [0.15, 0.2) is 42.5 Å². The largest absolute Gasteiger partial charge is 0.452 e. The van der Waals surface area contributed by atoms with Crippen molar-refractivity contribution in [1.29, 1.82) is 0 Å². The highest BCUT2D eigenvalue weighted by Crippen LogP contribution is 2.27. The number of nitrogens with zero attached hydrogens (tertiary/aromatic N) is 3. The molecule has 1 amide bonds. The van der Waals surface area contributed by atoms with E-state index in [2.05, 4.69) is 10.4 Å². The van der Waals surface area contributed by atoms with E-state index >= 15 is 0 Å². The number of ether oxygens (including phenoxy) is 1. The van der Waals surface area contributed by atoms with E-state index in [0.29, 0.717) is 5.69 Å². The first kappa shape index (κ1) is 22.2. The number of hydrogen-bond donors (Lipinski definition) is 1. The van der Waals surface area contributed by atoms with Gasteiger partial charge in [0.25, 0.3) is 11.6 Å². The molecule has 2 aromatic carbocycles. The zero-order valence-corrected chi connectivity index (χ0v) is 17.3. The molecule has 0 aliphatic heterocycles. The van der Waals surface area contributed by atoms with E-state index in [1.807, 2.05) is 0 Å². The molecule has 0 bridgehead atoms. The lowest BCUT2D eigenvalue weighted by Crippen LogP contribution is -2.21. The van der Waals surface area contributed by atoms with E-state index in [4.69, 9.17) is 27.9 Å². The standard InChI is InChI=1S/C19H13Cl2FN4O5/c1-10-17(18(21)25(24-10)13-5-2-11(22)3-6-13)19(28)31-9-16(27)23-12-4-7-14(20)15(8-12)26(29)30/h2-8H,9H2,1H3,(H,23,27). The summed E-state index contributed by atoms with van der Waals surface area (Å²) >= 11 is 12.0. The topological polar surface area (TPSA) is 116 Å². The van der Waals surface area contributed by atoms with Gasteiger partial charge in [-0.3, -0.25) is 14.9 Å². The molecule has 3 aromatic rings. The third-order valence-electron chi connectivity index (χ3n) is 4.04. The van der Waals surface area contributed by atoms with Crippen LogP contribution in [0.5, 0.6) is 0 Å². The van der Waals surface area contributed by atoms with Gasteiger partial charge >= 0.3 is 5.97 Å². The van der Waals surface area contributed by atoms with Crippen molar-refractivity contribution in [3.05, 3.63) is 79.8 Å². The SMILES string of the molecule is Cc1nn(-c2ccc(F)cc2)c(Cl)c1C(=O)OCC(=O)Nc1ccc(Cl)c([N+](=O)[O-])c1. The van der Waals surface area contributed by atoms with Gasteiger partial charge in [0, 0.05) is 11.8 Å². The fourth-order valence-corrected chi connectivity index (χ4v) is 3.15. The number of aromatic nitrogens is 2. The summed E-state index contributed by atoms with van der Waals surface area (Å²) in [6.07, 6.45) is 0. The van der Waals surface area contributed by atoms with E-state index in [1.165, 1.54) is 48.0 Å². The molecule has 12 heteroatoms. The number of nitro groups is 1. The van der Waals surface area contributed by atoms with Crippen LogP contribution in [-0.4, -0.2) is 33.2 Å². The Morgan fingerprint density at radius 3 is 2.55 bits per heavy atom. The maximum Gasteiger partial charge on any atom is 0.343 e. The Bertz CT molecular complexity index is 1180. The monoisotopic (exact) mass is 466 g/mol. The summed E-state index contributed by atoms with van der Waals surface area (Å²) in [6, 6.07) is 8.99. The number of amides is 1. The zero-order valence-electron chi connectivity index (χ0n) is 15.8. The van der Waals surface area contributed by atoms with E-state index in [9.17, 15) is 24.1 Å². The van der Waals surface area contributed by atoms with Crippen LogP contribution in [0, 0.1) is 22.9 Å². The predicted octanol–water partition coefficient (Wildman–Crippen LogP) is 4.33. The molecule has 0 spiro atoms. The van der Waals surface area contributed by atoms with Crippen molar-refractivity contribution in [3.63, 3.8) is 0 Å². The van der Waals surface area contributed by atoms with Crippen LogP contribution >= 0.6 is 23.2 Å². The third-order valence-corrected chi connectivity index (χ3v) is 4.71. The lowest BCUT2D eigenvalue weighted by Gasteiger charge is -2.07. The highest BCUT2D eigenvalue weighted by molar-refractivity contribution is 6.33. The Hall–Kier alpha value is -3.50. The zero-order chi connectivity index (χ0) is 22.7. The number of benzene rings is 2. The number of halogens is 3. The Balaban J connectivity index is 1.68. The number of esters is 1. The molecule has 0 aliphatic rings. The molecule has 0 unspecified atom stereocenters. The lowest BCUT2D eigenvalue weighted by molar-refractivity contribution is -0.384. The van der Waals surface area contributed by atoms with Crippen molar-refractivity contribution in [2.24, 2.45) is 0 Å². The van der Waals surface area contributed by atoms with Crippen LogP contribution < -0.4 is 5.32 Å².